The molecule has 0 saturated carbocycles. The van der Waals surface area contributed by atoms with Crippen LogP contribution < -0.4 is 8.92 Å². The fraction of sp³-hybridized carbons (Fsp3) is 0.294. The quantitative estimate of drug-likeness (QED) is 0.779. The summed E-state index contributed by atoms with van der Waals surface area (Å²) in [6.45, 7) is 4.28. The number of hydrogen-bond acceptors (Lipinski definition) is 4. The number of nitrogens with zero attached hydrogens (tertiary/aromatic N) is 1. The van der Waals surface area contributed by atoms with Crippen molar-refractivity contribution in [1.82, 2.24) is 4.31 Å². The molecule has 0 spiro atoms. The molecule has 0 heterocycles. The van der Waals surface area contributed by atoms with Crippen molar-refractivity contribution in [2.75, 3.05) is 20.2 Å². The average Bonchev–Trinajstić information content (AvgIpc) is 2.56. The molecule has 0 aliphatic carbocycles. The minimum Gasteiger partial charge on any atom is -0.497 e. The van der Waals surface area contributed by atoms with Crippen molar-refractivity contribution in [2.45, 2.75) is 13.8 Å². The molecule has 2 aromatic rings. The van der Waals surface area contributed by atoms with Crippen molar-refractivity contribution in [1.29, 1.82) is 0 Å². The first-order chi connectivity index (χ1) is 11.0. The number of hydrogen-bond donors (Lipinski definition) is 0. The van der Waals surface area contributed by atoms with Gasteiger partial charge >= 0.3 is 10.3 Å². The fourth-order valence-electron chi connectivity index (χ4n) is 2.25. The first kappa shape index (κ1) is 17.3. The molecular weight excluding hydrogens is 314 g/mol. The van der Waals surface area contributed by atoms with Gasteiger partial charge in [0.05, 0.1) is 7.11 Å². The third-order valence-corrected chi connectivity index (χ3v) is 5.04. The molecule has 23 heavy (non-hydrogen) atoms. The first-order valence-electron chi connectivity index (χ1n) is 7.44. The molecule has 0 atom stereocenters. The van der Waals surface area contributed by atoms with Crippen molar-refractivity contribution in [3.63, 3.8) is 0 Å². The van der Waals surface area contributed by atoms with E-state index in [1.165, 1.54) is 4.31 Å². The molecule has 2 rings (SSSR count). The second-order valence-corrected chi connectivity index (χ2v) is 6.39. The molecule has 0 fully saturated rings. The molecule has 0 radical (unpaired) electrons. The Kier molecular flexibility index (Phi) is 5.63. The van der Waals surface area contributed by atoms with Gasteiger partial charge in [-0.15, -0.1) is 0 Å². The van der Waals surface area contributed by atoms with Crippen molar-refractivity contribution in [3.8, 4) is 22.6 Å². The molecule has 0 aliphatic heterocycles. The molecule has 124 valence electrons. The Morgan fingerprint density at radius 2 is 1.57 bits per heavy atom. The van der Waals surface area contributed by atoms with Crippen molar-refractivity contribution in [2.24, 2.45) is 0 Å². The zero-order valence-corrected chi connectivity index (χ0v) is 14.3. The van der Waals surface area contributed by atoms with E-state index in [1.54, 1.807) is 33.1 Å². The smallest absolute Gasteiger partial charge is 0.385 e. The lowest BCUT2D eigenvalue weighted by Gasteiger charge is -2.19. The van der Waals surface area contributed by atoms with E-state index < -0.39 is 10.3 Å². The zero-order valence-electron chi connectivity index (χ0n) is 13.5. The molecule has 2 aromatic carbocycles. The predicted molar refractivity (Wildman–Crippen MR) is 90.9 cm³/mol. The normalized spacial score (nSPS) is 11.5. The van der Waals surface area contributed by atoms with Gasteiger partial charge in [-0.25, -0.2) is 0 Å². The lowest BCUT2D eigenvalue weighted by Crippen LogP contribution is -2.34. The van der Waals surface area contributed by atoms with Crippen LogP contribution in [-0.2, 0) is 10.3 Å². The Hall–Kier alpha value is -2.05. The second kappa shape index (κ2) is 7.48. The maximum Gasteiger partial charge on any atom is 0.385 e. The summed E-state index contributed by atoms with van der Waals surface area (Å²) in [5, 5.41) is 0. The maximum atomic E-state index is 12.3. The summed E-state index contributed by atoms with van der Waals surface area (Å²) in [6.07, 6.45) is 0. The van der Waals surface area contributed by atoms with Gasteiger partial charge in [0.15, 0.2) is 5.75 Å². The summed E-state index contributed by atoms with van der Waals surface area (Å²) in [7, 11) is -2.21. The maximum absolute atomic E-state index is 12.3. The molecule has 0 aliphatic rings. The van der Waals surface area contributed by atoms with Crippen LogP contribution >= 0.6 is 0 Å². The Morgan fingerprint density at radius 1 is 0.957 bits per heavy atom. The third-order valence-electron chi connectivity index (χ3n) is 3.50. The predicted octanol–water partition coefficient (Wildman–Crippen LogP) is 3.33. The number of ether oxygens (including phenoxy) is 1. The first-order valence-corrected chi connectivity index (χ1v) is 8.81. The number of rotatable bonds is 7. The van der Waals surface area contributed by atoms with E-state index in [1.807, 2.05) is 36.4 Å². The van der Waals surface area contributed by atoms with E-state index in [2.05, 4.69) is 0 Å². The van der Waals surface area contributed by atoms with Gasteiger partial charge in [-0.1, -0.05) is 44.2 Å². The van der Waals surface area contributed by atoms with Gasteiger partial charge in [0.2, 0.25) is 0 Å². The zero-order chi connectivity index (χ0) is 16.9. The highest BCUT2D eigenvalue weighted by Crippen LogP contribution is 2.32. The highest BCUT2D eigenvalue weighted by molar-refractivity contribution is 7.84. The summed E-state index contributed by atoms with van der Waals surface area (Å²) in [5.41, 5.74) is 1.57. The van der Waals surface area contributed by atoms with Gasteiger partial charge in [-0.3, -0.25) is 0 Å². The van der Waals surface area contributed by atoms with Gasteiger partial charge in [0.25, 0.3) is 0 Å². The highest BCUT2D eigenvalue weighted by Gasteiger charge is 2.22. The molecule has 0 bridgehead atoms. The molecule has 0 N–H and O–H groups in total. The van der Waals surface area contributed by atoms with Gasteiger partial charge in [-0.05, 0) is 23.8 Å². The van der Waals surface area contributed by atoms with Crippen LogP contribution in [0.2, 0.25) is 0 Å². The molecule has 0 amide bonds. The van der Waals surface area contributed by atoms with Gasteiger partial charge < -0.3 is 8.92 Å². The summed E-state index contributed by atoms with van der Waals surface area (Å²) in [5.74, 6) is 1.05. The SMILES string of the molecule is CCN(CC)S(=O)(=O)Oc1ccccc1-c1ccc(OC)cc1. The molecule has 0 saturated heterocycles. The van der Waals surface area contributed by atoms with E-state index in [9.17, 15) is 8.42 Å². The van der Waals surface area contributed by atoms with E-state index in [0.717, 1.165) is 11.3 Å². The van der Waals surface area contributed by atoms with E-state index in [-0.39, 0.29) is 0 Å². The summed E-state index contributed by atoms with van der Waals surface area (Å²) in [6, 6.07) is 14.5. The van der Waals surface area contributed by atoms with Crippen LogP contribution in [0.4, 0.5) is 0 Å². The van der Waals surface area contributed by atoms with Crippen molar-refractivity contribution in [3.05, 3.63) is 48.5 Å². The molecule has 6 heteroatoms. The van der Waals surface area contributed by atoms with Gasteiger partial charge in [0, 0.05) is 18.7 Å². The molecule has 5 nitrogen and oxygen atoms in total. The lowest BCUT2D eigenvalue weighted by molar-refractivity contribution is 0.376. The summed E-state index contributed by atoms with van der Waals surface area (Å²) in [4.78, 5) is 0. The lowest BCUT2D eigenvalue weighted by atomic mass is 10.0. The van der Waals surface area contributed by atoms with Gasteiger partial charge in [0.1, 0.15) is 5.75 Å². The van der Waals surface area contributed by atoms with Gasteiger partial charge in [-0.2, -0.15) is 12.7 Å². The summed E-state index contributed by atoms with van der Waals surface area (Å²) < 4.78 is 36.4. The number of methoxy groups -OCH3 is 1. The van der Waals surface area contributed by atoms with E-state index in [0.29, 0.717) is 24.4 Å². The number of benzene rings is 2. The standard InChI is InChI=1S/C17H21NO4S/c1-4-18(5-2)23(19,20)22-17-9-7-6-8-16(17)14-10-12-15(21-3)13-11-14/h6-13H,4-5H2,1-3H3. The van der Waals surface area contributed by atoms with Crippen LogP contribution in [0.15, 0.2) is 48.5 Å². The Morgan fingerprint density at radius 3 is 2.13 bits per heavy atom. The van der Waals surface area contributed by atoms with Crippen LogP contribution in [0.3, 0.4) is 0 Å². The van der Waals surface area contributed by atoms with E-state index in [4.69, 9.17) is 8.92 Å². The molecular formula is C17H21NO4S. The van der Waals surface area contributed by atoms with Crippen LogP contribution in [0.25, 0.3) is 11.1 Å². The number of para-hydroxylation sites is 1. The van der Waals surface area contributed by atoms with E-state index >= 15 is 0 Å². The van der Waals surface area contributed by atoms with Crippen LogP contribution in [0.5, 0.6) is 11.5 Å². The van der Waals surface area contributed by atoms with Crippen LogP contribution in [0, 0.1) is 0 Å². The average molecular weight is 335 g/mol. The highest BCUT2D eigenvalue weighted by atomic mass is 32.2. The Labute approximate surface area is 137 Å². The van der Waals surface area contributed by atoms with Crippen molar-refractivity contribution >= 4 is 10.3 Å². The Balaban J connectivity index is 2.37. The summed E-state index contributed by atoms with van der Waals surface area (Å²) >= 11 is 0. The topological polar surface area (TPSA) is 55.8 Å². The minimum atomic E-state index is -3.81. The Bertz CT molecular complexity index is 737. The third kappa shape index (κ3) is 4.03. The molecule has 0 unspecified atom stereocenters. The second-order valence-electron chi connectivity index (χ2n) is 4.85. The van der Waals surface area contributed by atoms with Crippen molar-refractivity contribution < 1.29 is 17.3 Å². The fourth-order valence-corrected chi connectivity index (χ4v) is 3.36. The van der Waals surface area contributed by atoms with Crippen LogP contribution in [-0.4, -0.2) is 32.9 Å². The monoisotopic (exact) mass is 335 g/mol. The minimum absolute atomic E-state index is 0.310. The molecule has 0 aromatic heterocycles. The van der Waals surface area contributed by atoms with Crippen LogP contribution in [0.1, 0.15) is 13.8 Å². The largest absolute Gasteiger partial charge is 0.497 e.